The summed E-state index contributed by atoms with van der Waals surface area (Å²) in [5.41, 5.74) is 0.0465. The number of hydrogen-bond acceptors (Lipinski definition) is 7. The first-order valence-corrected chi connectivity index (χ1v) is 11.7. The van der Waals surface area contributed by atoms with Gasteiger partial charge in [0.25, 0.3) is 0 Å². The number of ether oxygens (including phenoxy) is 3. The summed E-state index contributed by atoms with van der Waals surface area (Å²) in [6.45, 7) is 9.16. The fourth-order valence-corrected chi connectivity index (χ4v) is 4.84. The van der Waals surface area contributed by atoms with Crippen LogP contribution in [0.5, 0.6) is 0 Å². The molecule has 3 unspecified atom stereocenters. The summed E-state index contributed by atoms with van der Waals surface area (Å²) in [5, 5.41) is 4.97. The molecule has 1 aliphatic carbocycles. The van der Waals surface area contributed by atoms with Crippen molar-refractivity contribution in [1.82, 2.24) is 10.2 Å². The number of rotatable bonds is 6. The van der Waals surface area contributed by atoms with Crippen molar-refractivity contribution < 1.29 is 28.6 Å². The normalized spacial score (nSPS) is 23.8. The summed E-state index contributed by atoms with van der Waals surface area (Å²) in [6.07, 6.45) is -0.699. The molecular formula is C26H32N2O6. The van der Waals surface area contributed by atoms with Gasteiger partial charge in [-0.05, 0) is 56.5 Å². The van der Waals surface area contributed by atoms with Gasteiger partial charge in [-0.2, -0.15) is 0 Å². The van der Waals surface area contributed by atoms with Crippen LogP contribution in [-0.2, 0) is 23.8 Å². The number of fused-ring (bicyclic) bond motifs is 3. The number of hydrogen-bond donors (Lipinski definition) is 1. The summed E-state index contributed by atoms with van der Waals surface area (Å²) in [4.78, 5) is 40.9. The van der Waals surface area contributed by atoms with Crippen LogP contribution in [0.15, 0.2) is 36.4 Å². The van der Waals surface area contributed by atoms with Gasteiger partial charge in [-0.15, -0.1) is 0 Å². The van der Waals surface area contributed by atoms with E-state index in [2.05, 4.69) is 23.5 Å². The second-order valence-electron chi connectivity index (χ2n) is 9.77. The quantitative estimate of drug-likeness (QED) is 0.510. The topological polar surface area (TPSA) is 94.2 Å². The summed E-state index contributed by atoms with van der Waals surface area (Å²) in [7, 11) is 0. The molecule has 0 radical (unpaired) electrons. The molecule has 2 aliphatic rings. The Kier molecular flexibility index (Phi) is 6.29. The number of carbonyl (C=O) groups is 3. The number of nitrogens with one attached hydrogen (secondary N) is 1. The fraction of sp³-hybridized carbons (Fsp3) is 0.500. The third-order valence-corrected chi connectivity index (χ3v) is 6.18. The van der Waals surface area contributed by atoms with E-state index in [0.717, 1.165) is 21.9 Å². The van der Waals surface area contributed by atoms with Crippen LogP contribution < -0.4 is 5.32 Å². The molecule has 2 aromatic rings. The van der Waals surface area contributed by atoms with Crippen molar-refractivity contribution in [2.24, 2.45) is 0 Å². The predicted molar refractivity (Wildman–Crippen MR) is 126 cm³/mol. The van der Waals surface area contributed by atoms with Crippen molar-refractivity contribution in [3.8, 4) is 0 Å². The molecule has 0 aromatic heterocycles. The molecule has 3 atom stereocenters. The maximum Gasteiger partial charge on any atom is 0.408 e. The zero-order chi connectivity index (χ0) is 24.7. The number of nitrogens with zero attached hydrogens (tertiary/aromatic N) is 1. The minimum Gasteiger partial charge on any atom is -0.465 e. The summed E-state index contributed by atoms with van der Waals surface area (Å²) < 4.78 is 16.2. The predicted octanol–water partition coefficient (Wildman–Crippen LogP) is 3.71. The van der Waals surface area contributed by atoms with Crippen molar-refractivity contribution in [1.29, 1.82) is 0 Å². The fourth-order valence-electron chi connectivity index (χ4n) is 4.84. The Bertz CT molecular complexity index is 1120. The van der Waals surface area contributed by atoms with E-state index in [-0.39, 0.29) is 32.2 Å². The lowest BCUT2D eigenvalue weighted by Crippen LogP contribution is -2.57. The third kappa shape index (κ3) is 4.46. The maximum absolute atomic E-state index is 13.2. The second-order valence-corrected chi connectivity index (χ2v) is 9.77. The van der Waals surface area contributed by atoms with E-state index in [0.29, 0.717) is 0 Å². The zero-order valence-corrected chi connectivity index (χ0v) is 20.3. The number of esters is 2. The minimum atomic E-state index is -1.44. The first-order valence-electron chi connectivity index (χ1n) is 11.7. The largest absolute Gasteiger partial charge is 0.465 e. The van der Waals surface area contributed by atoms with Gasteiger partial charge in [-0.1, -0.05) is 36.4 Å². The molecule has 0 saturated carbocycles. The molecule has 182 valence electrons. The Morgan fingerprint density at radius 3 is 2.44 bits per heavy atom. The van der Waals surface area contributed by atoms with Crippen molar-refractivity contribution in [3.05, 3.63) is 47.5 Å². The Labute approximate surface area is 199 Å². The van der Waals surface area contributed by atoms with E-state index in [4.69, 9.17) is 14.2 Å². The van der Waals surface area contributed by atoms with Crippen LogP contribution >= 0.6 is 0 Å². The lowest BCUT2D eigenvalue weighted by molar-refractivity contribution is -0.150. The van der Waals surface area contributed by atoms with Gasteiger partial charge in [-0.3, -0.25) is 9.69 Å². The lowest BCUT2D eigenvalue weighted by atomic mass is 9.96. The smallest absolute Gasteiger partial charge is 0.408 e. The van der Waals surface area contributed by atoms with Crippen molar-refractivity contribution in [2.45, 2.75) is 64.3 Å². The van der Waals surface area contributed by atoms with Gasteiger partial charge in [-0.25, -0.2) is 9.59 Å². The molecule has 34 heavy (non-hydrogen) atoms. The van der Waals surface area contributed by atoms with Crippen molar-refractivity contribution in [3.63, 3.8) is 0 Å². The summed E-state index contributed by atoms with van der Waals surface area (Å²) in [6, 6.07) is 11.3. The van der Waals surface area contributed by atoms with Crippen LogP contribution in [0.25, 0.3) is 10.8 Å². The zero-order valence-electron chi connectivity index (χ0n) is 20.3. The van der Waals surface area contributed by atoms with Crippen LogP contribution in [0.1, 0.15) is 58.2 Å². The summed E-state index contributed by atoms with van der Waals surface area (Å²) in [5.74, 6) is -1.02. The standard InChI is InChI=1S/C26H32N2O6/c1-6-32-22(29)19-14-26(23(30)33-7-2,27-24(31)34-25(3,4)5)15-28(19)21-18-13-12-16-10-8-9-11-17(16)20(18)21/h8-13,19,21H,6-7,14-15H2,1-5H3,(H,27,31). The Morgan fingerprint density at radius 1 is 1.06 bits per heavy atom. The molecule has 8 nitrogen and oxygen atoms in total. The van der Waals surface area contributed by atoms with Gasteiger partial charge < -0.3 is 19.5 Å². The first-order chi connectivity index (χ1) is 16.1. The van der Waals surface area contributed by atoms with Gasteiger partial charge in [0.05, 0.1) is 19.3 Å². The highest BCUT2D eigenvalue weighted by molar-refractivity contribution is 5.93. The van der Waals surface area contributed by atoms with Crippen molar-refractivity contribution >= 4 is 28.8 Å². The van der Waals surface area contributed by atoms with Crippen LogP contribution in [0, 0.1) is 0 Å². The molecule has 4 rings (SSSR count). The number of benzene rings is 2. The second kappa shape index (κ2) is 8.91. The minimum absolute atomic E-state index is 0.0341. The number of amides is 1. The van der Waals surface area contributed by atoms with E-state index in [1.54, 1.807) is 34.6 Å². The number of alkyl carbamates (subject to hydrolysis) is 1. The molecule has 1 N–H and O–H groups in total. The molecule has 1 amide bonds. The van der Waals surface area contributed by atoms with E-state index >= 15 is 0 Å². The van der Waals surface area contributed by atoms with Crippen LogP contribution in [-0.4, -0.2) is 59.9 Å². The Balaban J connectivity index is 1.70. The average molecular weight is 469 g/mol. The van der Waals surface area contributed by atoms with Crippen molar-refractivity contribution in [2.75, 3.05) is 19.8 Å². The van der Waals surface area contributed by atoms with E-state index < -0.39 is 35.2 Å². The average Bonchev–Trinajstić information content (AvgIpc) is 3.38. The highest BCUT2D eigenvalue weighted by Crippen LogP contribution is 2.53. The molecule has 0 bridgehead atoms. The van der Waals surface area contributed by atoms with Gasteiger partial charge in [0, 0.05) is 13.0 Å². The molecule has 1 aliphatic heterocycles. The molecule has 1 fully saturated rings. The Morgan fingerprint density at radius 2 is 1.76 bits per heavy atom. The van der Waals surface area contributed by atoms with Crippen LogP contribution in [0.4, 0.5) is 4.79 Å². The third-order valence-electron chi connectivity index (χ3n) is 6.18. The number of carbonyl (C=O) groups excluding carboxylic acids is 3. The van der Waals surface area contributed by atoms with Crippen LogP contribution in [0.3, 0.4) is 0 Å². The lowest BCUT2D eigenvalue weighted by Gasteiger charge is -2.30. The van der Waals surface area contributed by atoms with Gasteiger partial charge in [0.1, 0.15) is 11.6 Å². The summed E-state index contributed by atoms with van der Waals surface area (Å²) >= 11 is 0. The molecular weight excluding hydrogens is 436 g/mol. The highest BCUT2D eigenvalue weighted by atomic mass is 16.6. The first kappa shape index (κ1) is 24.0. The molecule has 1 saturated heterocycles. The van der Waals surface area contributed by atoms with Gasteiger partial charge in [0.15, 0.2) is 5.54 Å². The van der Waals surface area contributed by atoms with Crippen LogP contribution in [0.2, 0.25) is 0 Å². The van der Waals surface area contributed by atoms with E-state index in [1.165, 1.54) is 0 Å². The Hall–Kier alpha value is -3.13. The SMILES string of the molecule is CCOC(=O)C1CC(NC(=O)OC(C)(C)C)(C(=O)OCC)CN1C1c2ccc3ccccc3c21. The number of likely N-dealkylation sites (tertiary alicyclic amines) is 1. The molecule has 2 aromatic carbocycles. The van der Waals surface area contributed by atoms with E-state index in [1.807, 2.05) is 23.1 Å². The highest BCUT2D eigenvalue weighted by Gasteiger charge is 2.59. The van der Waals surface area contributed by atoms with E-state index in [9.17, 15) is 14.4 Å². The molecule has 8 heteroatoms. The molecule has 1 heterocycles. The maximum atomic E-state index is 13.2. The van der Waals surface area contributed by atoms with Gasteiger partial charge in [0.2, 0.25) is 0 Å². The monoisotopic (exact) mass is 468 g/mol. The molecule has 0 spiro atoms. The van der Waals surface area contributed by atoms with Gasteiger partial charge >= 0.3 is 18.0 Å².